The van der Waals surface area contributed by atoms with Crippen molar-refractivity contribution >= 4 is 44.8 Å². The number of nitrogens with zero attached hydrogens (tertiary/aromatic N) is 4. The smallest absolute Gasteiger partial charge is 0.327 e. The Kier molecular flexibility index (Phi) is 4.31. The number of nitro groups is 1. The molecule has 0 saturated carbocycles. The Morgan fingerprint density at radius 1 is 1.25 bits per heavy atom. The van der Waals surface area contributed by atoms with E-state index in [1.165, 1.54) is 0 Å². The van der Waals surface area contributed by atoms with Gasteiger partial charge in [-0.15, -0.1) is 0 Å². The van der Waals surface area contributed by atoms with E-state index in [4.69, 9.17) is 27.9 Å². The highest BCUT2D eigenvalue weighted by Crippen LogP contribution is 2.34. The topological polar surface area (TPSA) is 91.0 Å². The highest BCUT2D eigenvalue weighted by atomic mass is 79.9. The Balaban J connectivity index is 2.47. The Labute approximate surface area is 129 Å². The summed E-state index contributed by atoms with van der Waals surface area (Å²) >= 11 is 13.9. The lowest BCUT2D eigenvalue weighted by atomic mass is 10.3. The van der Waals surface area contributed by atoms with Gasteiger partial charge in [0.05, 0.1) is 9.40 Å². The third-order valence-corrected chi connectivity index (χ3v) is 2.91. The van der Waals surface area contributed by atoms with Crippen molar-refractivity contribution in [3.05, 3.63) is 43.1 Å². The predicted octanol–water partition coefficient (Wildman–Crippen LogP) is 3.78. The maximum Gasteiger partial charge on any atom is 0.327 e. The zero-order valence-corrected chi connectivity index (χ0v) is 12.3. The third kappa shape index (κ3) is 3.30. The molecular weight excluding hydrogens is 382 g/mol. The molecule has 0 fully saturated rings. The van der Waals surface area contributed by atoms with Gasteiger partial charge in [-0.05, 0) is 39.1 Å². The molecule has 0 aliphatic carbocycles. The summed E-state index contributed by atoms with van der Waals surface area (Å²) in [6.45, 7) is 0. The first-order chi connectivity index (χ1) is 9.36. The first kappa shape index (κ1) is 14.8. The van der Waals surface area contributed by atoms with Crippen LogP contribution in [0.5, 0.6) is 11.8 Å². The first-order valence-electron chi connectivity index (χ1n) is 4.75. The Hall–Kier alpha value is -1.58. The molecule has 0 aliphatic heterocycles. The lowest BCUT2D eigenvalue weighted by Crippen LogP contribution is -1.99. The molecule has 0 bridgehead atoms. The van der Waals surface area contributed by atoms with Crippen LogP contribution in [0.4, 0.5) is 10.1 Å². The average molecular weight is 384 g/mol. The van der Waals surface area contributed by atoms with Crippen molar-refractivity contribution < 1.29 is 14.1 Å². The molecule has 0 radical (unpaired) electrons. The number of hydrogen-bond donors (Lipinski definition) is 0. The summed E-state index contributed by atoms with van der Waals surface area (Å²) in [5.41, 5.74) is -0.481. The zero-order chi connectivity index (χ0) is 14.9. The SMILES string of the molecule is O=[N+]([O-])c1cc(Br)c(F)cc1Oc1nc(Cl)nc(Cl)n1. The van der Waals surface area contributed by atoms with E-state index in [0.29, 0.717) is 0 Å². The van der Waals surface area contributed by atoms with E-state index in [1.54, 1.807) is 0 Å². The number of nitro benzene ring substituents is 1. The Morgan fingerprint density at radius 3 is 2.40 bits per heavy atom. The fraction of sp³-hybridized carbons (Fsp3) is 0. The van der Waals surface area contributed by atoms with Gasteiger partial charge < -0.3 is 4.74 Å². The average Bonchev–Trinajstić information content (AvgIpc) is 2.31. The molecule has 0 saturated heterocycles. The van der Waals surface area contributed by atoms with Crippen LogP contribution < -0.4 is 4.74 Å². The summed E-state index contributed by atoms with van der Waals surface area (Å²) in [4.78, 5) is 20.7. The van der Waals surface area contributed by atoms with Crippen molar-refractivity contribution in [2.75, 3.05) is 0 Å². The normalized spacial score (nSPS) is 10.4. The van der Waals surface area contributed by atoms with Crippen LogP contribution in [0.2, 0.25) is 10.6 Å². The van der Waals surface area contributed by atoms with Crippen LogP contribution in [-0.2, 0) is 0 Å². The molecule has 1 heterocycles. The van der Waals surface area contributed by atoms with Crippen molar-refractivity contribution in [1.82, 2.24) is 15.0 Å². The summed E-state index contributed by atoms with van der Waals surface area (Å²) in [6.07, 6.45) is 0. The van der Waals surface area contributed by atoms with Crippen molar-refractivity contribution in [3.8, 4) is 11.8 Å². The fourth-order valence-electron chi connectivity index (χ4n) is 1.20. The molecule has 2 rings (SSSR count). The van der Waals surface area contributed by atoms with E-state index in [1.807, 2.05) is 0 Å². The van der Waals surface area contributed by atoms with Crippen molar-refractivity contribution in [2.45, 2.75) is 0 Å². The monoisotopic (exact) mass is 382 g/mol. The van der Waals surface area contributed by atoms with Gasteiger partial charge in [0.15, 0.2) is 0 Å². The molecule has 7 nitrogen and oxygen atoms in total. The molecule has 0 spiro atoms. The fourth-order valence-corrected chi connectivity index (χ4v) is 1.87. The van der Waals surface area contributed by atoms with Gasteiger partial charge >= 0.3 is 11.7 Å². The van der Waals surface area contributed by atoms with Crippen LogP contribution in [0.25, 0.3) is 0 Å². The predicted molar refractivity (Wildman–Crippen MR) is 70.7 cm³/mol. The molecule has 2 aromatic rings. The van der Waals surface area contributed by atoms with Gasteiger partial charge in [0.25, 0.3) is 0 Å². The first-order valence-corrected chi connectivity index (χ1v) is 6.30. The molecule has 0 atom stereocenters. The molecule has 0 aliphatic rings. The van der Waals surface area contributed by atoms with Crippen molar-refractivity contribution in [1.29, 1.82) is 0 Å². The molecule has 104 valence electrons. The zero-order valence-electron chi connectivity index (χ0n) is 9.18. The molecular formula is C9H2BrCl2FN4O3. The van der Waals surface area contributed by atoms with E-state index in [2.05, 4.69) is 30.9 Å². The van der Waals surface area contributed by atoms with Gasteiger partial charge in [-0.25, -0.2) is 4.39 Å². The summed E-state index contributed by atoms with van der Waals surface area (Å²) in [7, 11) is 0. The minimum absolute atomic E-state index is 0.0803. The number of rotatable bonds is 3. The molecule has 0 N–H and O–H groups in total. The van der Waals surface area contributed by atoms with Crippen LogP contribution in [0, 0.1) is 15.9 Å². The van der Waals surface area contributed by atoms with E-state index < -0.39 is 22.2 Å². The second kappa shape index (κ2) is 5.81. The lowest BCUT2D eigenvalue weighted by Gasteiger charge is -2.05. The minimum Gasteiger partial charge on any atom is -0.417 e. The van der Waals surface area contributed by atoms with Gasteiger partial charge in [0, 0.05) is 12.1 Å². The minimum atomic E-state index is -0.753. The van der Waals surface area contributed by atoms with Crippen LogP contribution >= 0.6 is 39.1 Å². The number of aromatic nitrogens is 3. The van der Waals surface area contributed by atoms with Crippen LogP contribution in [0.15, 0.2) is 16.6 Å². The van der Waals surface area contributed by atoms with Crippen LogP contribution in [0.1, 0.15) is 0 Å². The molecule has 1 aromatic carbocycles. The molecule has 11 heteroatoms. The molecule has 1 aromatic heterocycles. The van der Waals surface area contributed by atoms with Gasteiger partial charge in [-0.2, -0.15) is 15.0 Å². The van der Waals surface area contributed by atoms with Crippen LogP contribution in [-0.4, -0.2) is 19.9 Å². The Morgan fingerprint density at radius 2 is 1.85 bits per heavy atom. The second-order valence-corrected chi connectivity index (χ2v) is 4.78. The molecule has 20 heavy (non-hydrogen) atoms. The van der Waals surface area contributed by atoms with Gasteiger partial charge in [0.1, 0.15) is 5.82 Å². The van der Waals surface area contributed by atoms with E-state index in [-0.39, 0.29) is 21.1 Å². The number of benzene rings is 1. The van der Waals surface area contributed by atoms with Gasteiger partial charge in [0.2, 0.25) is 16.3 Å². The van der Waals surface area contributed by atoms with E-state index >= 15 is 0 Å². The van der Waals surface area contributed by atoms with Crippen LogP contribution in [0.3, 0.4) is 0 Å². The molecule has 0 unspecified atom stereocenters. The van der Waals surface area contributed by atoms with Gasteiger partial charge in [-0.3, -0.25) is 10.1 Å². The maximum absolute atomic E-state index is 13.4. The summed E-state index contributed by atoms with van der Waals surface area (Å²) in [5.74, 6) is -1.15. The summed E-state index contributed by atoms with van der Waals surface area (Å²) in [6, 6.07) is 1.38. The largest absolute Gasteiger partial charge is 0.417 e. The van der Waals surface area contributed by atoms with Gasteiger partial charge in [-0.1, -0.05) is 0 Å². The second-order valence-electron chi connectivity index (χ2n) is 3.25. The number of ether oxygens (including phenoxy) is 1. The quantitative estimate of drug-likeness (QED) is 0.591. The Bertz CT molecular complexity index is 683. The summed E-state index contributed by atoms with van der Waals surface area (Å²) < 4.78 is 18.4. The van der Waals surface area contributed by atoms with E-state index in [9.17, 15) is 14.5 Å². The number of hydrogen-bond acceptors (Lipinski definition) is 6. The standard InChI is InChI=1S/C9H2BrCl2FN4O3/c10-3-1-5(17(18)19)6(2-4(3)13)20-9-15-7(11)14-8(12)16-9/h1-2H. The lowest BCUT2D eigenvalue weighted by molar-refractivity contribution is -0.385. The highest BCUT2D eigenvalue weighted by molar-refractivity contribution is 9.10. The van der Waals surface area contributed by atoms with Crippen molar-refractivity contribution in [3.63, 3.8) is 0 Å². The molecule has 0 amide bonds. The summed E-state index contributed by atoms with van der Waals surface area (Å²) in [5, 5.41) is 10.4. The van der Waals surface area contributed by atoms with Crippen molar-refractivity contribution in [2.24, 2.45) is 0 Å². The third-order valence-electron chi connectivity index (χ3n) is 1.96. The number of halogens is 4. The van der Waals surface area contributed by atoms with E-state index in [0.717, 1.165) is 12.1 Å². The highest BCUT2D eigenvalue weighted by Gasteiger charge is 2.21. The maximum atomic E-state index is 13.4.